The summed E-state index contributed by atoms with van der Waals surface area (Å²) < 4.78 is 54.9. The zero-order valence-electron chi connectivity index (χ0n) is 14.4. The minimum atomic E-state index is -1.67. The zero-order valence-corrected chi connectivity index (χ0v) is 14.4. The van der Waals surface area contributed by atoms with Gasteiger partial charge in [-0.25, -0.2) is 0 Å². The molecule has 0 spiro atoms. The molecule has 0 bridgehead atoms. The normalized spacial score (nSPS) is 17.3. The van der Waals surface area contributed by atoms with Gasteiger partial charge in [0.25, 0.3) is 11.9 Å². The maximum atomic E-state index is 14.0. The lowest BCUT2D eigenvalue weighted by molar-refractivity contribution is 0.149. The van der Waals surface area contributed by atoms with Crippen molar-refractivity contribution < 1.29 is 17.6 Å². The summed E-state index contributed by atoms with van der Waals surface area (Å²) >= 11 is 0. The van der Waals surface area contributed by atoms with Crippen LogP contribution in [0, 0.1) is 23.5 Å². The van der Waals surface area contributed by atoms with E-state index in [1.165, 1.54) is 0 Å². The van der Waals surface area contributed by atoms with Gasteiger partial charge in [0.2, 0.25) is 11.6 Å². The second kappa shape index (κ2) is 8.01. The lowest BCUT2D eigenvalue weighted by Crippen LogP contribution is -2.46. The van der Waals surface area contributed by atoms with Crippen LogP contribution in [0.25, 0.3) is 0 Å². The lowest BCUT2D eigenvalue weighted by atomic mass is 10.1. The SMILES string of the molecule is CN1CCN(CC(Nc2c(F)c(F)nc(F)c2F)c2ccccc2)CC1. The van der Waals surface area contributed by atoms with Crippen molar-refractivity contribution in [2.75, 3.05) is 45.1 Å². The molecule has 1 aromatic heterocycles. The van der Waals surface area contributed by atoms with Gasteiger partial charge in [-0.15, -0.1) is 0 Å². The van der Waals surface area contributed by atoms with E-state index in [0.29, 0.717) is 6.54 Å². The van der Waals surface area contributed by atoms with Gasteiger partial charge in [-0.3, -0.25) is 4.90 Å². The number of nitrogens with one attached hydrogen (secondary N) is 1. The summed E-state index contributed by atoms with van der Waals surface area (Å²) in [6.45, 7) is 3.80. The van der Waals surface area contributed by atoms with Crippen molar-refractivity contribution in [1.82, 2.24) is 14.8 Å². The first kappa shape index (κ1) is 18.6. The number of likely N-dealkylation sites (N-methyl/N-ethyl adjacent to an activating group) is 1. The monoisotopic (exact) mass is 368 g/mol. The molecule has 140 valence electrons. The molecule has 3 rings (SSSR count). The van der Waals surface area contributed by atoms with Crippen molar-refractivity contribution in [3.05, 3.63) is 59.4 Å². The fourth-order valence-electron chi connectivity index (χ4n) is 3.00. The third-order valence-corrected chi connectivity index (χ3v) is 4.55. The molecule has 26 heavy (non-hydrogen) atoms. The minimum absolute atomic E-state index is 0.447. The van der Waals surface area contributed by atoms with Gasteiger partial charge in [0.05, 0.1) is 6.04 Å². The number of pyridine rings is 1. The summed E-state index contributed by atoms with van der Waals surface area (Å²) in [5.74, 6) is -6.39. The Labute approximate surface area is 149 Å². The first-order valence-corrected chi connectivity index (χ1v) is 8.38. The Bertz CT molecular complexity index is 722. The summed E-state index contributed by atoms with van der Waals surface area (Å²) in [6, 6.07) is 8.49. The summed E-state index contributed by atoms with van der Waals surface area (Å²) in [7, 11) is 2.03. The molecule has 1 aromatic carbocycles. The molecule has 1 fully saturated rings. The van der Waals surface area contributed by atoms with Crippen LogP contribution in [0.4, 0.5) is 23.2 Å². The molecule has 1 aliphatic heterocycles. The maximum Gasteiger partial charge on any atom is 0.253 e. The van der Waals surface area contributed by atoms with Crippen molar-refractivity contribution in [1.29, 1.82) is 0 Å². The number of rotatable bonds is 5. The van der Waals surface area contributed by atoms with Crippen LogP contribution >= 0.6 is 0 Å². The average Bonchev–Trinajstić information content (AvgIpc) is 2.65. The van der Waals surface area contributed by atoms with Crippen molar-refractivity contribution in [3.8, 4) is 0 Å². The molecule has 1 atom stereocenters. The molecule has 0 aliphatic carbocycles. The molecule has 4 nitrogen and oxygen atoms in total. The molecule has 1 N–H and O–H groups in total. The van der Waals surface area contributed by atoms with Gasteiger partial charge in [-0.1, -0.05) is 30.3 Å². The molecule has 2 heterocycles. The van der Waals surface area contributed by atoms with Crippen LogP contribution in [-0.2, 0) is 0 Å². The first-order valence-electron chi connectivity index (χ1n) is 8.38. The topological polar surface area (TPSA) is 31.4 Å². The summed E-state index contributed by atoms with van der Waals surface area (Å²) in [4.78, 5) is 6.93. The number of hydrogen-bond donors (Lipinski definition) is 1. The highest BCUT2D eigenvalue weighted by atomic mass is 19.2. The van der Waals surface area contributed by atoms with Crippen molar-refractivity contribution in [2.45, 2.75) is 6.04 Å². The van der Waals surface area contributed by atoms with Crippen LogP contribution in [0.15, 0.2) is 30.3 Å². The molecule has 0 radical (unpaired) electrons. The Morgan fingerprint density at radius 3 is 2.12 bits per heavy atom. The molecular weight excluding hydrogens is 348 g/mol. The maximum absolute atomic E-state index is 14.0. The predicted octanol–water partition coefficient (Wildman–Crippen LogP) is 3.04. The van der Waals surface area contributed by atoms with E-state index in [1.54, 1.807) is 24.3 Å². The van der Waals surface area contributed by atoms with Crippen LogP contribution in [0.2, 0.25) is 0 Å². The molecule has 1 saturated heterocycles. The number of piperazine rings is 1. The number of hydrogen-bond acceptors (Lipinski definition) is 4. The largest absolute Gasteiger partial charge is 0.372 e. The number of aromatic nitrogens is 1. The van der Waals surface area contributed by atoms with E-state index in [-0.39, 0.29) is 0 Å². The summed E-state index contributed by atoms with van der Waals surface area (Å²) in [5, 5.41) is 2.65. The average molecular weight is 368 g/mol. The van der Waals surface area contributed by atoms with Crippen LogP contribution in [-0.4, -0.2) is 54.6 Å². The Balaban J connectivity index is 1.87. The highest BCUT2D eigenvalue weighted by Crippen LogP contribution is 2.27. The zero-order chi connectivity index (χ0) is 18.7. The van der Waals surface area contributed by atoms with E-state index < -0.39 is 35.3 Å². The summed E-state index contributed by atoms with van der Waals surface area (Å²) in [6.07, 6.45) is 0. The van der Waals surface area contributed by atoms with E-state index >= 15 is 0 Å². The van der Waals surface area contributed by atoms with Crippen LogP contribution in [0.5, 0.6) is 0 Å². The van der Waals surface area contributed by atoms with Crippen molar-refractivity contribution in [2.24, 2.45) is 0 Å². The third-order valence-electron chi connectivity index (χ3n) is 4.55. The molecular formula is C18H20F4N4. The number of benzene rings is 1. The van der Waals surface area contributed by atoms with Crippen LogP contribution < -0.4 is 5.32 Å². The van der Waals surface area contributed by atoms with Gasteiger partial charge >= 0.3 is 0 Å². The molecule has 8 heteroatoms. The van der Waals surface area contributed by atoms with Gasteiger partial charge in [0.1, 0.15) is 5.69 Å². The van der Waals surface area contributed by atoms with Gasteiger partial charge in [-0.05, 0) is 12.6 Å². The van der Waals surface area contributed by atoms with Crippen molar-refractivity contribution >= 4 is 5.69 Å². The fraction of sp³-hybridized carbons (Fsp3) is 0.389. The standard InChI is InChI=1S/C18H20F4N4/c1-25-7-9-26(10-8-25)11-13(12-5-3-2-4-6-12)23-16-14(19)17(21)24-18(22)15(16)20/h2-6,13H,7-11H2,1H3,(H,23,24). The van der Waals surface area contributed by atoms with E-state index in [9.17, 15) is 17.6 Å². The third kappa shape index (κ3) is 4.13. The van der Waals surface area contributed by atoms with E-state index in [1.807, 2.05) is 13.1 Å². The lowest BCUT2D eigenvalue weighted by Gasteiger charge is -2.35. The molecule has 0 saturated carbocycles. The Morgan fingerprint density at radius 2 is 1.54 bits per heavy atom. The number of nitrogens with zero attached hydrogens (tertiary/aromatic N) is 3. The first-order chi connectivity index (χ1) is 12.5. The second-order valence-electron chi connectivity index (χ2n) is 6.41. The van der Waals surface area contributed by atoms with Gasteiger partial charge < -0.3 is 10.2 Å². The van der Waals surface area contributed by atoms with Gasteiger partial charge in [0.15, 0.2) is 0 Å². The van der Waals surface area contributed by atoms with Gasteiger partial charge in [-0.2, -0.15) is 22.5 Å². The van der Waals surface area contributed by atoms with E-state index in [2.05, 4.69) is 20.1 Å². The highest BCUT2D eigenvalue weighted by Gasteiger charge is 2.25. The highest BCUT2D eigenvalue weighted by molar-refractivity contribution is 5.47. The van der Waals surface area contributed by atoms with Crippen LogP contribution in [0.1, 0.15) is 11.6 Å². The molecule has 0 amide bonds. The Morgan fingerprint density at radius 1 is 0.962 bits per heavy atom. The molecule has 1 aliphatic rings. The van der Waals surface area contributed by atoms with Gasteiger partial charge in [0, 0.05) is 32.7 Å². The van der Waals surface area contributed by atoms with Crippen molar-refractivity contribution in [3.63, 3.8) is 0 Å². The minimum Gasteiger partial charge on any atom is -0.372 e. The Hall–Kier alpha value is -2.19. The molecule has 2 aromatic rings. The fourth-order valence-corrected chi connectivity index (χ4v) is 3.00. The Kier molecular flexibility index (Phi) is 5.73. The van der Waals surface area contributed by atoms with E-state index in [0.717, 1.165) is 31.7 Å². The predicted molar refractivity (Wildman–Crippen MR) is 90.8 cm³/mol. The number of anilines is 1. The summed E-state index contributed by atoms with van der Waals surface area (Å²) in [5.41, 5.74) is -0.0687. The number of halogens is 4. The smallest absolute Gasteiger partial charge is 0.253 e. The van der Waals surface area contributed by atoms with Crippen LogP contribution in [0.3, 0.4) is 0 Å². The van der Waals surface area contributed by atoms with E-state index in [4.69, 9.17) is 0 Å². The quantitative estimate of drug-likeness (QED) is 0.649. The molecule has 1 unspecified atom stereocenters. The second-order valence-corrected chi connectivity index (χ2v) is 6.41.